The zero-order valence-corrected chi connectivity index (χ0v) is 16.4. The molecular weight excluding hydrogens is 354 g/mol. The van der Waals surface area contributed by atoms with Crippen molar-refractivity contribution in [3.63, 3.8) is 0 Å². The van der Waals surface area contributed by atoms with Crippen LogP contribution in [-0.2, 0) is 9.59 Å². The standard InChI is InChI=1S/C22H29N3O3/c26-20(16-6-7-16)23-19-10-8-18(9-11-19)22(28)25-13-3-12-24(14-15-25)21(27)17-4-1-2-5-17/h8-11,16-17H,1-7,12-15H2,(H,23,26). The molecule has 4 rings (SSSR count). The Kier molecular flexibility index (Phi) is 5.64. The number of carbonyl (C=O) groups excluding carboxylic acids is 3. The predicted molar refractivity (Wildman–Crippen MR) is 107 cm³/mol. The lowest BCUT2D eigenvalue weighted by atomic mass is 10.1. The fourth-order valence-corrected chi connectivity index (χ4v) is 4.24. The van der Waals surface area contributed by atoms with Crippen LogP contribution in [0.1, 0.15) is 55.3 Å². The van der Waals surface area contributed by atoms with E-state index < -0.39 is 0 Å². The van der Waals surface area contributed by atoms with Gasteiger partial charge in [-0.2, -0.15) is 0 Å². The van der Waals surface area contributed by atoms with Crippen molar-refractivity contribution in [1.82, 2.24) is 9.80 Å². The van der Waals surface area contributed by atoms with Gasteiger partial charge in [0.25, 0.3) is 5.91 Å². The molecule has 1 aliphatic heterocycles. The maximum absolute atomic E-state index is 12.9. The van der Waals surface area contributed by atoms with Gasteiger partial charge in [0.15, 0.2) is 0 Å². The second-order valence-electron chi connectivity index (χ2n) is 8.29. The Morgan fingerprint density at radius 1 is 0.750 bits per heavy atom. The first-order valence-corrected chi connectivity index (χ1v) is 10.6. The number of hydrogen-bond donors (Lipinski definition) is 1. The zero-order chi connectivity index (χ0) is 19.5. The molecule has 6 nitrogen and oxygen atoms in total. The highest BCUT2D eigenvalue weighted by Crippen LogP contribution is 2.30. The average Bonchev–Trinajstić information content (AvgIpc) is 3.48. The van der Waals surface area contributed by atoms with E-state index >= 15 is 0 Å². The second kappa shape index (κ2) is 8.33. The summed E-state index contributed by atoms with van der Waals surface area (Å²) in [5.41, 5.74) is 1.36. The quantitative estimate of drug-likeness (QED) is 0.869. The molecule has 2 aliphatic carbocycles. The predicted octanol–water partition coefficient (Wildman–Crippen LogP) is 2.90. The lowest BCUT2D eigenvalue weighted by molar-refractivity contribution is -0.135. The van der Waals surface area contributed by atoms with Crippen LogP contribution < -0.4 is 5.32 Å². The molecule has 28 heavy (non-hydrogen) atoms. The zero-order valence-electron chi connectivity index (χ0n) is 16.4. The summed E-state index contributed by atoms with van der Waals surface area (Å²) in [6.45, 7) is 2.62. The fourth-order valence-electron chi connectivity index (χ4n) is 4.24. The van der Waals surface area contributed by atoms with Crippen LogP contribution in [0.15, 0.2) is 24.3 Å². The molecule has 1 heterocycles. The Bertz CT molecular complexity index is 736. The van der Waals surface area contributed by atoms with Crippen LogP contribution in [0.5, 0.6) is 0 Å². The van der Waals surface area contributed by atoms with Crippen molar-refractivity contribution < 1.29 is 14.4 Å². The summed E-state index contributed by atoms with van der Waals surface area (Å²) in [5, 5.41) is 2.90. The van der Waals surface area contributed by atoms with Crippen LogP contribution in [0, 0.1) is 11.8 Å². The molecule has 0 aromatic heterocycles. The largest absolute Gasteiger partial charge is 0.341 e. The molecule has 1 aromatic rings. The van der Waals surface area contributed by atoms with Gasteiger partial charge in [0.1, 0.15) is 0 Å². The van der Waals surface area contributed by atoms with Gasteiger partial charge in [0.2, 0.25) is 11.8 Å². The summed E-state index contributed by atoms with van der Waals surface area (Å²) >= 11 is 0. The molecule has 1 N–H and O–H groups in total. The van der Waals surface area contributed by atoms with Gasteiger partial charge in [-0.3, -0.25) is 14.4 Å². The fraction of sp³-hybridized carbons (Fsp3) is 0.591. The van der Waals surface area contributed by atoms with Crippen molar-refractivity contribution in [1.29, 1.82) is 0 Å². The first-order valence-electron chi connectivity index (χ1n) is 10.6. The molecule has 0 unspecified atom stereocenters. The van der Waals surface area contributed by atoms with E-state index in [1.165, 1.54) is 0 Å². The number of rotatable bonds is 4. The van der Waals surface area contributed by atoms with Gasteiger partial charge in [-0.05, 0) is 56.4 Å². The van der Waals surface area contributed by atoms with Crippen LogP contribution in [0.3, 0.4) is 0 Å². The van der Waals surface area contributed by atoms with Crippen molar-refractivity contribution in [2.45, 2.75) is 44.9 Å². The maximum Gasteiger partial charge on any atom is 0.253 e. The Hall–Kier alpha value is -2.37. The molecule has 3 amide bonds. The third-order valence-electron chi connectivity index (χ3n) is 6.15. The molecular formula is C22H29N3O3. The number of nitrogens with one attached hydrogen (secondary N) is 1. The summed E-state index contributed by atoms with van der Waals surface area (Å²) in [5.74, 6) is 0.699. The Labute approximate surface area is 166 Å². The summed E-state index contributed by atoms with van der Waals surface area (Å²) < 4.78 is 0. The van der Waals surface area contributed by atoms with Gasteiger partial charge in [-0.1, -0.05) is 12.8 Å². The highest BCUT2D eigenvalue weighted by Gasteiger charge is 2.30. The van der Waals surface area contributed by atoms with Gasteiger partial charge < -0.3 is 15.1 Å². The van der Waals surface area contributed by atoms with Crippen LogP contribution in [-0.4, -0.2) is 53.7 Å². The smallest absolute Gasteiger partial charge is 0.253 e. The van der Waals surface area contributed by atoms with Crippen molar-refractivity contribution in [3.8, 4) is 0 Å². The van der Waals surface area contributed by atoms with Gasteiger partial charge >= 0.3 is 0 Å². The van der Waals surface area contributed by atoms with E-state index in [0.29, 0.717) is 25.2 Å². The van der Waals surface area contributed by atoms with E-state index in [0.717, 1.165) is 57.2 Å². The number of hydrogen-bond acceptors (Lipinski definition) is 3. The van der Waals surface area contributed by atoms with E-state index in [1.54, 1.807) is 24.3 Å². The number of anilines is 1. The van der Waals surface area contributed by atoms with Gasteiger partial charge in [-0.15, -0.1) is 0 Å². The lowest BCUT2D eigenvalue weighted by Gasteiger charge is -2.24. The van der Waals surface area contributed by atoms with Gasteiger partial charge in [0, 0.05) is 49.3 Å². The lowest BCUT2D eigenvalue weighted by Crippen LogP contribution is -2.39. The third-order valence-corrected chi connectivity index (χ3v) is 6.15. The summed E-state index contributed by atoms with van der Waals surface area (Å²) in [7, 11) is 0. The normalized spacial score (nSPS) is 20.7. The molecule has 0 atom stereocenters. The molecule has 0 radical (unpaired) electrons. The number of amides is 3. The molecule has 1 saturated heterocycles. The average molecular weight is 383 g/mol. The Balaban J connectivity index is 1.32. The Morgan fingerprint density at radius 2 is 1.39 bits per heavy atom. The monoisotopic (exact) mass is 383 g/mol. The van der Waals surface area contributed by atoms with E-state index in [2.05, 4.69) is 5.32 Å². The highest BCUT2D eigenvalue weighted by atomic mass is 16.2. The molecule has 150 valence electrons. The minimum absolute atomic E-state index is 0.00441. The summed E-state index contributed by atoms with van der Waals surface area (Å²) in [6.07, 6.45) is 7.11. The minimum Gasteiger partial charge on any atom is -0.341 e. The third kappa shape index (κ3) is 4.37. The summed E-state index contributed by atoms with van der Waals surface area (Å²) in [6, 6.07) is 7.14. The maximum atomic E-state index is 12.9. The molecule has 0 bridgehead atoms. The Morgan fingerprint density at radius 3 is 2.07 bits per heavy atom. The molecule has 3 aliphatic rings. The van der Waals surface area contributed by atoms with Crippen molar-refractivity contribution in [3.05, 3.63) is 29.8 Å². The first-order chi connectivity index (χ1) is 13.6. The highest BCUT2D eigenvalue weighted by molar-refractivity contribution is 5.96. The second-order valence-corrected chi connectivity index (χ2v) is 8.29. The number of nitrogens with zero attached hydrogens (tertiary/aromatic N) is 2. The molecule has 1 aromatic carbocycles. The molecule has 3 fully saturated rings. The SMILES string of the molecule is O=C(Nc1ccc(C(=O)N2CCCN(C(=O)C3CCCC3)CC2)cc1)C1CC1. The van der Waals surface area contributed by atoms with E-state index in [9.17, 15) is 14.4 Å². The van der Waals surface area contributed by atoms with E-state index in [1.807, 2.05) is 9.80 Å². The van der Waals surface area contributed by atoms with Crippen LogP contribution in [0.25, 0.3) is 0 Å². The van der Waals surface area contributed by atoms with Crippen LogP contribution in [0.2, 0.25) is 0 Å². The molecule has 0 spiro atoms. The van der Waals surface area contributed by atoms with E-state index in [-0.39, 0.29) is 29.6 Å². The van der Waals surface area contributed by atoms with Crippen molar-refractivity contribution in [2.75, 3.05) is 31.5 Å². The van der Waals surface area contributed by atoms with Gasteiger partial charge in [0.05, 0.1) is 0 Å². The molecule has 2 saturated carbocycles. The minimum atomic E-state index is -0.00441. The van der Waals surface area contributed by atoms with Crippen LogP contribution in [0.4, 0.5) is 5.69 Å². The van der Waals surface area contributed by atoms with Crippen molar-refractivity contribution in [2.24, 2.45) is 11.8 Å². The molecule has 6 heteroatoms. The van der Waals surface area contributed by atoms with Crippen molar-refractivity contribution >= 4 is 23.4 Å². The van der Waals surface area contributed by atoms with E-state index in [4.69, 9.17) is 0 Å². The van der Waals surface area contributed by atoms with Crippen LogP contribution >= 0.6 is 0 Å². The van der Waals surface area contributed by atoms with Gasteiger partial charge in [-0.25, -0.2) is 0 Å². The number of carbonyl (C=O) groups is 3. The topological polar surface area (TPSA) is 69.7 Å². The number of benzene rings is 1. The summed E-state index contributed by atoms with van der Waals surface area (Å²) in [4.78, 5) is 41.2. The first kappa shape index (κ1) is 19.0.